The minimum atomic E-state index is -1.17. The van der Waals surface area contributed by atoms with Crippen molar-refractivity contribution in [2.75, 3.05) is 11.5 Å². The molecule has 2 N–H and O–H groups in total. The van der Waals surface area contributed by atoms with Crippen LogP contribution in [0.2, 0.25) is 0 Å². The molecule has 158 valence electrons. The van der Waals surface area contributed by atoms with Gasteiger partial charge in [-0.25, -0.2) is 4.79 Å². The fraction of sp³-hybridized carbons (Fsp3) is 0.263. The molecule has 4 rings (SSSR count). The average Bonchev–Trinajstić information content (AvgIpc) is 3.20. The van der Waals surface area contributed by atoms with Crippen molar-refractivity contribution in [2.45, 2.75) is 22.7 Å². The normalized spacial score (nSPS) is 20.0. The third-order valence-corrected chi connectivity index (χ3v) is 8.09. The molecule has 0 radical (unpaired) electrons. The Kier molecular flexibility index (Phi) is 5.99. The monoisotopic (exact) mass is 473 g/mol. The van der Waals surface area contributed by atoms with Gasteiger partial charge in [0.2, 0.25) is 0 Å². The molecule has 1 fully saturated rings. The Morgan fingerprint density at radius 1 is 1.35 bits per heavy atom. The van der Waals surface area contributed by atoms with Crippen molar-refractivity contribution in [1.29, 1.82) is 5.26 Å². The molecule has 1 saturated heterocycles. The largest absolute Gasteiger partial charge is 0.477 e. The van der Waals surface area contributed by atoms with Crippen LogP contribution in [0.4, 0.5) is 0 Å². The highest BCUT2D eigenvalue weighted by molar-refractivity contribution is 8.01. The Morgan fingerprint density at radius 3 is 2.71 bits per heavy atom. The number of carboxylic acid groups (broad SMARTS) is 1. The average molecular weight is 474 g/mol. The zero-order valence-corrected chi connectivity index (χ0v) is 18.5. The highest BCUT2D eigenvalue weighted by Gasteiger charge is 2.54. The summed E-state index contributed by atoms with van der Waals surface area (Å²) in [4.78, 5) is 38.4. The number of aromatic nitrogens is 2. The summed E-state index contributed by atoms with van der Waals surface area (Å²) in [6.07, 6.45) is 0. The van der Waals surface area contributed by atoms with Gasteiger partial charge in [-0.15, -0.1) is 22.0 Å². The molecule has 2 aliphatic rings. The Bertz CT molecular complexity index is 1140. The number of aryl methyl sites for hydroxylation is 1. The molecule has 0 bridgehead atoms. The van der Waals surface area contributed by atoms with E-state index < -0.39 is 29.2 Å². The van der Waals surface area contributed by atoms with Crippen LogP contribution in [0.3, 0.4) is 0 Å². The molecule has 1 aromatic heterocycles. The first-order valence-corrected chi connectivity index (χ1v) is 11.9. The lowest BCUT2D eigenvalue weighted by atomic mass is 10.0. The smallest absolute Gasteiger partial charge is 0.352 e. The first-order valence-electron chi connectivity index (χ1n) is 9.03. The minimum Gasteiger partial charge on any atom is -0.477 e. The van der Waals surface area contributed by atoms with E-state index >= 15 is 0 Å². The van der Waals surface area contributed by atoms with E-state index in [0.29, 0.717) is 28.2 Å². The number of fused-ring (bicyclic) bond motifs is 1. The summed E-state index contributed by atoms with van der Waals surface area (Å²) in [5.41, 5.74) is 1.36. The van der Waals surface area contributed by atoms with Crippen LogP contribution < -0.4 is 5.32 Å². The highest BCUT2D eigenvalue weighted by Crippen LogP contribution is 2.41. The number of β-lactam (4-membered cyclic amide) rings is 1. The van der Waals surface area contributed by atoms with Crippen molar-refractivity contribution in [3.05, 3.63) is 51.7 Å². The van der Waals surface area contributed by atoms with Gasteiger partial charge in [0.1, 0.15) is 22.1 Å². The molecular weight excluding hydrogens is 458 g/mol. The molecule has 2 atom stereocenters. The standard InChI is InChI=1S/C19H15N5O4S3/c1-9-22-23-19(31-9)30-8-12-7-29-17-13(16(26)24(17)14(12)18(27)28)21-15(25)11-4-2-10(6-20)3-5-11/h2-5,13,17H,7-8H2,1H3,(H,21,25)(H,27,28)/t13-,17+/m0/s1. The molecule has 0 spiro atoms. The summed E-state index contributed by atoms with van der Waals surface area (Å²) >= 11 is 4.23. The summed E-state index contributed by atoms with van der Waals surface area (Å²) in [5, 5.41) is 29.6. The Hall–Kier alpha value is -2.88. The third kappa shape index (κ3) is 4.16. The number of carboxylic acids is 1. The van der Waals surface area contributed by atoms with Crippen LogP contribution in [0.15, 0.2) is 39.9 Å². The van der Waals surface area contributed by atoms with Crippen LogP contribution in [0.5, 0.6) is 0 Å². The lowest BCUT2D eigenvalue weighted by molar-refractivity contribution is -0.148. The molecule has 3 heterocycles. The molecule has 2 aromatic rings. The number of thioether (sulfide) groups is 2. The van der Waals surface area contributed by atoms with Gasteiger partial charge in [-0.3, -0.25) is 14.5 Å². The lowest BCUT2D eigenvalue weighted by Gasteiger charge is -2.49. The number of amides is 2. The summed E-state index contributed by atoms with van der Waals surface area (Å²) in [5.74, 6) is -1.24. The maximum absolute atomic E-state index is 12.7. The molecule has 0 saturated carbocycles. The maximum atomic E-state index is 12.7. The van der Waals surface area contributed by atoms with Gasteiger partial charge in [0.05, 0.1) is 11.6 Å². The van der Waals surface area contributed by atoms with Gasteiger partial charge >= 0.3 is 5.97 Å². The number of nitriles is 1. The Balaban J connectivity index is 1.47. The van der Waals surface area contributed by atoms with Crippen LogP contribution in [0.1, 0.15) is 20.9 Å². The highest BCUT2D eigenvalue weighted by atomic mass is 32.2. The lowest BCUT2D eigenvalue weighted by Crippen LogP contribution is -2.70. The van der Waals surface area contributed by atoms with E-state index in [2.05, 4.69) is 15.5 Å². The van der Waals surface area contributed by atoms with Gasteiger partial charge < -0.3 is 10.4 Å². The number of aliphatic carboxylic acids is 1. The van der Waals surface area contributed by atoms with Crippen molar-refractivity contribution in [1.82, 2.24) is 20.4 Å². The molecule has 12 heteroatoms. The van der Waals surface area contributed by atoms with Crippen LogP contribution in [-0.4, -0.2) is 60.9 Å². The van der Waals surface area contributed by atoms with Gasteiger partial charge in [0.15, 0.2) is 4.34 Å². The molecule has 0 unspecified atom stereocenters. The zero-order chi connectivity index (χ0) is 22.1. The molecule has 9 nitrogen and oxygen atoms in total. The molecule has 2 amide bonds. The van der Waals surface area contributed by atoms with E-state index in [0.717, 1.165) is 9.35 Å². The fourth-order valence-corrected chi connectivity index (χ4v) is 6.50. The van der Waals surface area contributed by atoms with Gasteiger partial charge in [0, 0.05) is 17.1 Å². The van der Waals surface area contributed by atoms with Gasteiger partial charge in [0.25, 0.3) is 11.8 Å². The Labute approximate surface area is 189 Å². The first kappa shape index (κ1) is 21.4. The van der Waals surface area contributed by atoms with Gasteiger partial charge in [-0.1, -0.05) is 23.1 Å². The predicted octanol–water partition coefficient (Wildman–Crippen LogP) is 1.86. The second-order valence-electron chi connectivity index (χ2n) is 6.68. The number of hydrogen-bond acceptors (Lipinski definition) is 9. The third-order valence-electron chi connectivity index (χ3n) is 4.69. The van der Waals surface area contributed by atoms with E-state index in [1.807, 2.05) is 13.0 Å². The summed E-state index contributed by atoms with van der Waals surface area (Å²) in [7, 11) is 0. The quantitative estimate of drug-likeness (QED) is 0.476. The van der Waals surface area contributed by atoms with Crippen molar-refractivity contribution in [2.24, 2.45) is 0 Å². The molecule has 0 aliphatic carbocycles. The van der Waals surface area contributed by atoms with E-state index in [1.165, 1.54) is 64.0 Å². The fourth-order valence-electron chi connectivity index (χ4n) is 3.20. The second-order valence-corrected chi connectivity index (χ2v) is 10.2. The Morgan fingerprint density at radius 2 is 2.10 bits per heavy atom. The number of nitrogens with zero attached hydrogens (tertiary/aromatic N) is 4. The second kappa shape index (κ2) is 8.70. The van der Waals surface area contributed by atoms with Gasteiger partial charge in [-0.05, 0) is 36.8 Å². The van der Waals surface area contributed by atoms with Crippen molar-refractivity contribution < 1.29 is 19.5 Å². The number of hydrogen-bond donors (Lipinski definition) is 2. The maximum Gasteiger partial charge on any atom is 0.352 e. The summed E-state index contributed by atoms with van der Waals surface area (Å²) < 4.78 is 0.740. The first-order chi connectivity index (χ1) is 14.9. The van der Waals surface area contributed by atoms with E-state index in [1.54, 1.807) is 0 Å². The molecule has 2 aliphatic heterocycles. The van der Waals surface area contributed by atoms with Crippen LogP contribution in [0.25, 0.3) is 0 Å². The van der Waals surface area contributed by atoms with Crippen molar-refractivity contribution >= 4 is 52.6 Å². The summed E-state index contributed by atoms with van der Waals surface area (Å²) in [6, 6.07) is 7.24. The molecule has 31 heavy (non-hydrogen) atoms. The van der Waals surface area contributed by atoms with Gasteiger partial charge in [-0.2, -0.15) is 5.26 Å². The minimum absolute atomic E-state index is 0.0219. The number of benzene rings is 1. The zero-order valence-electron chi connectivity index (χ0n) is 16.1. The number of carbonyl (C=O) groups is 3. The molecular formula is C19H15N5O4S3. The number of rotatable bonds is 6. The number of carbonyl (C=O) groups excluding carboxylic acids is 2. The predicted molar refractivity (Wildman–Crippen MR) is 116 cm³/mol. The van der Waals surface area contributed by atoms with Crippen molar-refractivity contribution in [3.8, 4) is 6.07 Å². The van der Waals surface area contributed by atoms with Crippen LogP contribution in [-0.2, 0) is 9.59 Å². The van der Waals surface area contributed by atoms with E-state index in [9.17, 15) is 19.5 Å². The van der Waals surface area contributed by atoms with Crippen molar-refractivity contribution in [3.63, 3.8) is 0 Å². The van der Waals surface area contributed by atoms with Crippen LogP contribution >= 0.6 is 34.9 Å². The topological polar surface area (TPSA) is 136 Å². The van der Waals surface area contributed by atoms with Crippen LogP contribution in [0, 0.1) is 18.3 Å². The summed E-state index contributed by atoms with van der Waals surface area (Å²) in [6.45, 7) is 1.84. The molecule has 1 aromatic carbocycles. The number of nitrogens with one attached hydrogen (secondary N) is 1. The van der Waals surface area contributed by atoms with E-state index in [4.69, 9.17) is 5.26 Å². The van der Waals surface area contributed by atoms with E-state index in [-0.39, 0.29) is 5.70 Å². The SMILES string of the molecule is Cc1nnc(SCC2=C(C(=O)O)N3C(=O)[C@H](NC(=O)c4ccc(C#N)cc4)[C@H]3SC2)s1.